The summed E-state index contributed by atoms with van der Waals surface area (Å²) in [5.41, 5.74) is -0.920. The van der Waals surface area contributed by atoms with Crippen LogP contribution < -0.4 is 10.3 Å². The molecular formula is C9H11FN2O3. The second-order valence-corrected chi connectivity index (χ2v) is 3.30. The predicted octanol–water partition coefficient (Wildman–Crippen LogP) is 0.467. The molecule has 2 heterocycles. The molecule has 1 aromatic heterocycles. The minimum absolute atomic E-state index is 0.0249. The summed E-state index contributed by atoms with van der Waals surface area (Å²) in [5.74, 6) is -0.917. The van der Waals surface area contributed by atoms with Gasteiger partial charge in [-0.1, -0.05) is 0 Å². The van der Waals surface area contributed by atoms with Crippen molar-refractivity contribution in [1.82, 2.24) is 9.97 Å². The van der Waals surface area contributed by atoms with Gasteiger partial charge in [0.1, 0.15) is 6.61 Å². The molecule has 1 atom stereocenters. The minimum Gasteiger partial charge on any atom is -0.462 e. The number of ether oxygens (including phenoxy) is 2. The molecule has 6 heteroatoms. The number of aromatic nitrogens is 2. The highest BCUT2D eigenvalue weighted by Gasteiger charge is 2.16. The summed E-state index contributed by atoms with van der Waals surface area (Å²) < 4.78 is 23.0. The zero-order valence-corrected chi connectivity index (χ0v) is 8.03. The summed E-state index contributed by atoms with van der Waals surface area (Å²) in [6.07, 6.45) is 2.92. The van der Waals surface area contributed by atoms with Crippen LogP contribution in [-0.2, 0) is 4.74 Å². The molecule has 0 radical (unpaired) electrons. The number of hydrogen-bond donors (Lipinski definition) is 1. The van der Waals surface area contributed by atoms with Gasteiger partial charge in [0.2, 0.25) is 5.82 Å². The monoisotopic (exact) mass is 214 g/mol. The number of halogens is 1. The molecular weight excluding hydrogens is 203 g/mol. The highest BCUT2D eigenvalue weighted by Crippen LogP contribution is 2.12. The summed E-state index contributed by atoms with van der Waals surface area (Å²) >= 11 is 0. The molecule has 0 spiro atoms. The Morgan fingerprint density at radius 2 is 2.60 bits per heavy atom. The molecule has 0 aromatic carbocycles. The van der Waals surface area contributed by atoms with Crippen LogP contribution in [0.1, 0.15) is 12.8 Å². The van der Waals surface area contributed by atoms with E-state index in [9.17, 15) is 9.18 Å². The van der Waals surface area contributed by atoms with Gasteiger partial charge in [-0.2, -0.15) is 9.37 Å². The van der Waals surface area contributed by atoms with Gasteiger partial charge in [0.15, 0.2) is 0 Å². The number of nitrogens with zero attached hydrogens (tertiary/aromatic N) is 1. The van der Waals surface area contributed by atoms with E-state index >= 15 is 0 Å². The molecule has 15 heavy (non-hydrogen) atoms. The zero-order chi connectivity index (χ0) is 10.7. The van der Waals surface area contributed by atoms with Gasteiger partial charge in [-0.3, -0.25) is 4.79 Å². The van der Waals surface area contributed by atoms with Gasteiger partial charge < -0.3 is 14.5 Å². The lowest BCUT2D eigenvalue weighted by molar-refractivity contribution is 0.0643. The van der Waals surface area contributed by atoms with Crippen LogP contribution in [0.5, 0.6) is 6.01 Å². The Balaban J connectivity index is 1.93. The van der Waals surface area contributed by atoms with Gasteiger partial charge in [-0.25, -0.2) is 0 Å². The first-order valence-corrected chi connectivity index (χ1v) is 4.75. The average Bonchev–Trinajstić information content (AvgIpc) is 2.73. The van der Waals surface area contributed by atoms with Crippen molar-refractivity contribution in [2.24, 2.45) is 0 Å². The maximum absolute atomic E-state index is 12.6. The molecule has 82 valence electrons. The van der Waals surface area contributed by atoms with Gasteiger partial charge in [0.05, 0.1) is 6.10 Å². The summed E-state index contributed by atoms with van der Waals surface area (Å²) in [6.45, 7) is 1.07. The summed E-state index contributed by atoms with van der Waals surface area (Å²) in [7, 11) is 0. The van der Waals surface area contributed by atoms with Crippen LogP contribution in [-0.4, -0.2) is 29.3 Å². The number of rotatable bonds is 3. The molecule has 0 saturated carbocycles. The van der Waals surface area contributed by atoms with Gasteiger partial charge in [0, 0.05) is 12.8 Å². The number of aromatic amines is 1. The number of nitrogens with one attached hydrogen (secondary N) is 1. The lowest BCUT2D eigenvalue weighted by Gasteiger charge is -2.09. The SMILES string of the molecule is O=c1nc(OCC2CCCO2)[nH]cc1F. The maximum Gasteiger partial charge on any atom is 0.311 e. The lowest BCUT2D eigenvalue weighted by atomic mass is 10.2. The Morgan fingerprint density at radius 3 is 3.27 bits per heavy atom. The van der Waals surface area contributed by atoms with Gasteiger partial charge in [-0.15, -0.1) is 0 Å². The van der Waals surface area contributed by atoms with Crippen molar-refractivity contribution in [3.63, 3.8) is 0 Å². The van der Waals surface area contributed by atoms with Crippen LogP contribution in [0.3, 0.4) is 0 Å². The van der Waals surface area contributed by atoms with Gasteiger partial charge in [-0.05, 0) is 12.8 Å². The molecule has 1 aliphatic rings. The normalized spacial score (nSPS) is 20.5. The number of H-pyrrole nitrogens is 1. The fraction of sp³-hybridized carbons (Fsp3) is 0.556. The smallest absolute Gasteiger partial charge is 0.311 e. The topological polar surface area (TPSA) is 64.2 Å². The molecule has 1 unspecified atom stereocenters. The van der Waals surface area contributed by atoms with E-state index in [4.69, 9.17) is 9.47 Å². The molecule has 0 amide bonds. The minimum atomic E-state index is -0.920. The van der Waals surface area contributed by atoms with E-state index in [1.54, 1.807) is 0 Å². The molecule has 0 aliphatic carbocycles. The lowest BCUT2D eigenvalue weighted by Crippen LogP contribution is -2.20. The molecule has 1 aromatic rings. The van der Waals surface area contributed by atoms with Crippen molar-refractivity contribution in [3.8, 4) is 6.01 Å². The van der Waals surface area contributed by atoms with E-state index in [1.807, 2.05) is 0 Å². The highest BCUT2D eigenvalue weighted by molar-refractivity contribution is 4.96. The van der Waals surface area contributed by atoms with Crippen LogP contribution >= 0.6 is 0 Å². The standard InChI is InChI=1S/C9H11FN2O3/c10-7-4-11-9(12-8(7)13)15-5-6-2-1-3-14-6/h4,6H,1-3,5H2,(H,11,12,13). The Morgan fingerprint density at radius 1 is 1.73 bits per heavy atom. The molecule has 2 rings (SSSR count). The van der Waals surface area contributed by atoms with Crippen LogP contribution in [0.25, 0.3) is 0 Å². The Kier molecular flexibility index (Phi) is 2.96. The molecule has 1 N–H and O–H groups in total. The summed E-state index contributed by atoms with van der Waals surface area (Å²) in [4.78, 5) is 16.6. The van der Waals surface area contributed by atoms with Gasteiger partial charge in [0.25, 0.3) is 6.01 Å². The van der Waals surface area contributed by atoms with Crippen LogP contribution in [0.4, 0.5) is 4.39 Å². The third kappa shape index (κ3) is 2.53. The quantitative estimate of drug-likeness (QED) is 0.794. The van der Waals surface area contributed by atoms with Crippen molar-refractivity contribution in [2.45, 2.75) is 18.9 Å². The van der Waals surface area contributed by atoms with Crippen molar-refractivity contribution < 1.29 is 13.9 Å². The first-order valence-electron chi connectivity index (χ1n) is 4.75. The van der Waals surface area contributed by atoms with E-state index in [2.05, 4.69) is 9.97 Å². The maximum atomic E-state index is 12.6. The summed E-state index contributed by atoms with van der Waals surface area (Å²) in [6, 6.07) is 0.0249. The number of hydrogen-bond acceptors (Lipinski definition) is 4. The average molecular weight is 214 g/mol. The van der Waals surface area contributed by atoms with Crippen LogP contribution in [0, 0.1) is 5.82 Å². The van der Waals surface area contributed by atoms with Crippen molar-refractivity contribution in [2.75, 3.05) is 13.2 Å². The largest absolute Gasteiger partial charge is 0.462 e. The van der Waals surface area contributed by atoms with E-state index in [0.717, 1.165) is 25.6 Å². The summed E-state index contributed by atoms with van der Waals surface area (Å²) in [5, 5.41) is 0. The second kappa shape index (κ2) is 4.39. The van der Waals surface area contributed by atoms with E-state index in [1.165, 1.54) is 0 Å². The molecule has 1 fully saturated rings. The predicted molar refractivity (Wildman–Crippen MR) is 49.3 cm³/mol. The second-order valence-electron chi connectivity index (χ2n) is 3.30. The molecule has 0 bridgehead atoms. The zero-order valence-electron chi connectivity index (χ0n) is 8.03. The third-order valence-electron chi connectivity index (χ3n) is 2.16. The first-order chi connectivity index (χ1) is 7.25. The fourth-order valence-electron chi connectivity index (χ4n) is 1.39. The Hall–Kier alpha value is -1.43. The highest BCUT2D eigenvalue weighted by atomic mass is 19.1. The fourth-order valence-corrected chi connectivity index (χ4v) is 1.39. The molecule has 5 nitrogen and oxygen atoms in total. The third-order valence-corrected chi connectivity index (χ3v) is 2.16. The first kappa shape index (κ1) is 10.1. The van der Waals surface area contributed by atoms with E-state index < -0.39 is 11.4 Å². The van der Waals surface area contributed by atoms with E-state index in [0.29, 0.717) is 6.61 Å². The molecule has 1 aliphatic heterocycles. The van der Waals surface area contributed by atoms with Crippen molar-refractivity contribution in [3.05, 3.63) is 22.4 Å². The van der Waals surface area contributed by atoms with E-state index in [-0.39, 0.29) is 12.1 Å². The van der Waals surface area contributed by atoms with Crippen LogP contribution in [0.15, 0.2) is 11.0 Å². The van der Waals surface area contributed by atoms with Crippen molar-refractivity contribution in [1.29, 1.82) is 0 Å². The molecule has 1 saturated heterocycles. The Bertz CT molecular complexity index is 387. The van der Waals surface area contributed by atoms with Gasteiger partial charge >= 0.3 is 5.56 Å². The van der Waals surface area contributed by atoms with Crippen LogP contribution in [0.2, 0.25) is 0 Å². The Labute approximate surface area is 85.2 Å². The van der Waals surface area contributed by atoms with Crippen molar-refractivity contribution >= 4 is 0 Å².